The third-order valence-electron chi connectivity index (χ3n) is 5.23. The van der Waals surface area contributed by atoms with Crippen molar-refractivity contribution < 1.29 is 19.1 Å². The summed E-state index contributed by atoms with van der Waals surface area (Å²) in [6.07, 6.45) is 2.26. The first kappa shape index (κ1) is 19.6. The second kappa shape index (κ2) is 8.36. The molecule has 2 atom stereocenters. The van der Waals surface area contributed by atoms with E-state index in [1.165, 1.54) is 17.0 Å². The Labute approximate surface area is 172 Å². The Balaban J connectivity index is 1.60. The van der Waals surface area contributed by atoms with Crippen LogP contribution in [0.5, 0.6) is 0 Å². The van der Waals surface area contributed by atoms with Gasteiger partial charge < -0.3 is 20.3 Å². The number of benzene rings is 2. The van der Waals surface area contributed by atoms with Crippen molar-refractivity contribution >= 4 is 12.0 Å². The van der Waals surface area contributed by atoms with Crippen LogP contribution in [-0.4, -0.2) is 44.6 Å². The fourth-order valence-corrected chi connectivity index (χ4v) is 3.79. The predicted molar refractivity (Wildman–Crippen MR) is 107 cm³/mol. The first-order valence-corrected chi connectivity index (χ1v) is 9.64. The van der Waals surface area contributed by atoms with Crippen molar-refractivity contribution in [1.82, 2.24) is 20.2 Å². The number of aliphatic carboxylic acids is 1. The highest BCUT2D eigenvalue weighted by Crippen LogP contribution is 2.33. The van der Waals surface area contributed by atoms with Crippen LogP contribution >= 0.6 is 0 Å². The van der Waals surface area contributed by atoms with Gasteiger partial charge in [0.25, 0.3) is 0 Å². The van der Waals surface area contributed by atoms with Gasteiger partial charge in [0.2, 0.25) is 0 Å². The monoisotopic (exact) mass is 408 g/mol. The second-order valence-electron chi connectivity index (χ2n) is 7.20. The summed E-state index contributed by atoms with van der Waals surface area (Å²) < 4.78 is 13.9. The molecule has 0 saturated carbocycles. The van der Waals surface area contributed by atoms with Gasteiger partial charge in [-0.15, -0.1) is 0 Å². The third kappa shape index (κ3) is 4.03. The first-order chi connectivity index (χ1) is 14.5. The number of fused-ring (bicyclic) bond motifs is 1. The zero-order valence-corrected chi connectivity index (χ0v) is 16.1. The van der Waals surface area contributed by atoms with Gasteiger partial charge in [-0.2, -0.15) is 0 Å². The maximum absolute atomic E-state index is 13.9. The SMILES string of the molecule is O=C(O)[C@H](Cc1ccccc1)NC(=O)N1CCc2[nH]cnc2[C@@H]1c1cccc(F)c1. The Morgan fingerprint density at radius 2 is 2.03 bits per heavy atom. The molecular weight excluding hydrogens is 387 g/mol. The van der Waals surface area contributed by atoms with Crippen molar-refractivity contribution in [1.29, 1.82) is 0 Å². The minimum absolute atomic E-state index is 0.161. The number of halogens is 1. The fraction of sp³-hybridized carbons (Fsp3) is 0.227. The number of amides is 2. The van der Waals surface area contributed by atoms with E-state index in [0.717, 1.165) is 11.3 Å². The summed E-state index contributed by atoms with van der Waals surface area (Å²) in [4.78, 5) is 33.8. The molecule has 4 rings (SSSR count). The zero-order chi connectivity index (χ0) is 21.1. The molecule has 1 aliphatic heterocycles. The molecule has 7 nitrogen and oxygen atoms in total. The molecule has 0 bridgehead atoms. The van der Waals surface area contributed by atoms with Crippen molar-refractivity contribution in [3.8, 4) is 0 Å². The lowest BCUT2D eigenvalue weighted by Crippen LogP contribution is -2.51. The topological polar surface area (TPSA) is 98.3 Å². The van der Waals surface area contributed by atoms with E-state index in [2.05, 4.69) is 15.3 Å². The number of hydrogen-bond acceptors (Lipinski definition) is 3. The molecule has 0 radical (unpaired) electrons. The molecule has 30 heavy (non-hydrogen) atoms. The minimum Gasteiger partial charge on any atom is -0.480 e. The fourth-order valence-electron chi connectivity index (χ4n) is 3.79. The van der Waals surface area contributed by atoms with E-state index in [-0.39, 0.29) is 6.42 Å². The highest BCUT2D eigenvalue weighted by Gasteiger charge is 2.35. The number of aromatic nitrogens is 2. The van der Waals surface area contributed by atoms with E-state index >= 15 is 0 Å². The molecule has 2 amide bonds. The summed E-state index contributed by atoms with van der Waals surface area (Å²) in [6.45, 7) is 0.347. The summed E-state index contributed by atoms with van der Waals surface area (Å²) in [7, 11) is 0. The van der Waals surface area contributed by atoms with Gasteiger partial charge in [-0.25, -0.2) is 19.0 Å². The number of imidazole rings is 1. The number of hydrogen-bond donors (Lipinski definition) is 3. The molecule has 2 aromatic carbocycles. The molecule has 3 N–H and O–H groups in total. The maximum atomic E-state index is 13.9. The molecule has 3 aromatic rings. The summed E-state index contributed by atoms with van der Waals surface area (Å²) in [5, 5.41) is 12.3. The van der Waals surface area contributed by atoms with Crippen LogP contribution in [0.25, 0.3) is 0 Å². The lowest BCUT2D eigenvalue weighted by molar-refractivity contribution is -0.139. The molecule has 0 saturated heterocycles. The maximum Gasteiger partial charge on any atom is 0.326 e. The van der Waals surface area contributed by atoms with E-state index in [0.29, 0.717) is 24.2 Å². The number of aromatic amines is 1. The molecule has 8 heteroatoms. The van der Waals surface area contributed by atoms with Crippen LogP contribution in [0, 0.1) is 5.82 Å². The zero-order valence-electron chi connectivity index (χ0n) is 16.1. The highest BCUT2D eigenvalue weighted by atomic mass is 19.1. The summed E-state index contributed by atoms with van der Waals surface area (Å²) in [6, 6.07) is 12.9. The van der Waals surface area contributed by atoms with E-state index in [9.17, 15) is 19.1 Å². The Bertz CT molecular complexity index is 1050. The molecule has 154 valence electrons. The van der Waals surface area contributed by atoms with Crippen molar-refractivity contribution in [2.45, 2.75) is 24.9 Å². The number of H-pyrrole nitrogens is 1. The number of rotatable bonds is 5. The lowest BCUT2D eigenvalue weighted by atomic mass is 9.96. The van der Waals surface area contributed by atoms with E-state index in [4.69, 9.17) is 0 Å². The lowest BCUT2D eigenvalue weighted by Gasteiger charge is -2.36. The van der Waals surface area contributed by atoms with Crippen LogP contribution < -0.4 is 5.32 Å². The third-order valence-corrected chi connectivity index (χ3v) is 5.23. The van der Waals surface area contributed by atoms with Crippen molar-refractivity contribution in [3.05, 3.63) is 89.3 Å². The molecule has 0 spiro atoms. The van der Waals surface area contributed by atoms with Crippen LogP contribution in [0.4, 0.5) is 9.18 Å². The molecule has 1 aliphatic rings. The standard InChI is InChI=1S/C22H21FN4O3/c23-16-8-4-7-15(12-16)20-19-17(24-13-25-19)9-10-27(20)22(30)26-18(21(28)29)11-14-5-2-1-3-6-14/h1-8,12-13,18,20H,9-11H2,(H,24,25)(H,26,30)(H,28,29)/t18-,20-/m0/s1. The van der Waals surface area contributed by atoms with Gasteiger partial charge in [-0.05, 0) is 23.3 Å². The molecule has 2 heterocycles. The van der Waals surface area contributed by atoms with Gasteiger partial charge in [-0.3, -0.25) is 0 Å². The van der Waals surface area contributed by atoms with Crippen molar-refractivity contribution in [2.24, 2.45) is 0 Å². The molecule has 0 unspecified atom stereocenters. The first-order valence-electron chi connectivity index (χ1n) is 9.64. The average Bonchev–Trinajstić information content (AvgIpc) is 3.22. The predicted octanol–water partition coefficient (Wildman–Crippen LogP) is 2.90. The Kier molecular flexibility index (Phi) is 5.47. The van der Waals surface area contributed by atoms with Gasteiger partial charge in [0.1, 0.15) is 17.9 Å². The van der Waals surface area contributed by atoms with Crippen LogP contribution in [0.3, 0.4) is 0 Å². The van der Waals surface area contributed by atoms with Gasteiger partial charge in [0.15, 0.2) is 0 Å². The molecular formula is C22H21FN4O3. The molecule has 0 aliphatic carbocycles. The van der Waals surface area contributed by atoms with Crippen LogP contribution in [-0.2, 0) is 17.6 Å². The Hall–Kier alpha value is -3.68. The molecule has 1 aromatic heterocycles. The number of carboxylic acids is 1. The largest absolute Gasteiger partial charge is 0.480 e. The van der Waals surface area contributed by atoms with E-state index in [1.54, 1.807) is 18.5 Å². The Morgan fingerprint density at radius 1 is 1.23 bits per heavy atom. The quantitative estimate of drug-likeness (QED) is 0.605. The number of carboxylic acid groups (broad SMARTS) is 1. The summed E-state index contributed by atoms with van der Waals surface area (Å²) >= 11 is 0. The van der Waals surface area contributed by atoms with Gasteiger partial charge >= 0.3 is 12.0 Å². The Morgan fingerprint density at radius 3 is 2.77 bits per heavy atom. The number of urea groups is 1. The number of nitrogens with zero attached hydrogens (tertiary/aromatic N) is 2. The van der Waals surface area contributed by atoms with Crippen LogP contribution in [0.1, 0.15) is 28.6 Å². The van der Waals surface area contributed by atoms with Gasteiger partial charge in [0.05, 0.1) is 12.0 Å². The molecule has 0 fully saturated rings. The van der Waals surface area contributed by atoms with Gasteiger partial charge in [-0.1, -0.05) is 42.5 Å². The van der Waals surface area contributed by atoms with E-state index in [1.807, 2.05) is 30.3 Å². The van der Waals surface area contributed by atoms with Crippen molar-refractivity contribution in [2.75, 3.05) is 6.54 Å². The number of carbonyl (C=O) groups excluding carboxylic acids is 1. The van der Waals surface area contributed by atoms with Crippen LogP contribution in [0.15, 0.2) is 60.9 Å². The number of nitrogens with one attached hydrogen (secondary N) is 2. The summed E-state index contributed by atoms with van der Waals surface area (Å²) in [5.41, 5.74) is 2.90. The normalized spacial score (nSPS) is 16.6. The highest BCUT2D eigenvalue weighted by molar-refractivity contribution is 5.83. The average molecular weight is 408 g/mol. The second-order valence-corrected chi connectivity index (χ2v) is 7.20. The van der Waals surface area contributed by atoms with Crippen LogP contribution in [0.2, 0.25) is 0 Å². The smallest absolute Gasteiger partial charge is 0.326 e. The minimum atomic E-state index is -1.12. The number of carbonyl (C=O) groups is 2. The van der Waals surface area contributed by atoms with Crippen molar-refractivity contribution in [3.63, 3.8) is 0 Å². The summed E-state index contributed by atoms with van der Waals surface area (Å²) in [5.74, 6) is -1.53. The van der Waals surface area contributed by atoms with E-state index < -0.39 is 29.9 Å². The van der Waals surface area contributed by atoms with Gasteiger partial charge in [0, 0.05) is 25.1 Å².